The van der Waals surface area contributed by atoms with E-state index in [1.165, 1.54) is 0 Å². The molecule has 1 aliphatic carbocycles. The lowest BCUT2D eigenvalue weighted by Gasteiger charge is -2.25. The third-order valence-electron chi connectivity index (χ3n) is 5.20. The zero-order valence-corrected chi connectivity index (χ0v) is 14.7. The summed E-state index contributed by atoms with van der Waals surface area (Å²) in [6.45, 7) is 2.41. The van der Waals surface area contributed by atoms with E-state index in [2.05, 4.69) is 5.32 Å². The van der Waals surface area contributed by atoms with E-state index in [1.807, 2.05) is 19.1 Å². The van der Waals surface area contributed by atoms with Crippen LogP contribution < -0.4 is 14.8 Å². The van der Waals surface area contributed by atoms with Gasteiger partial charge in [-0.15, -0.1) is 0 Å². The third-order valence-corrected chi connectivity index (χ3v) is 5.20. The molecule has 1 aromatic rings. The molecule has 3 rings (SSSR count). The number of hydrogen-bond donors (Lipinski definition) is 2. The molecule has 6 heteroatoms. The summed E-state index contributed by atoms with van der Waals surface area (Å²) < 4.78 is 11.2. The van der Waals surface area contributed by atoms with Crippen LogP contribution in [0.25, 0.3) is 0 Å². The van der Waals surface area contributed by atoms with E-state index in [1.54, 1.807) is 7.11 Å². The van der Waals surface area contributed by atoms with Crippen LogP contribution in [0.5, 0.6) is 11.5 Å². The third kappa shape index (κ3) is 3.89. The van der Waals surface area contributed by atoms with Crippen molar-refractivity contribution in [3.05, 3.63) is 23.3 Å². The van der Waals surface area contributed by atoms with E-state index in [0.717, 1.165) is 29.0 Å². The molecule has 136 valence electrons. The lowest BCUT2D eigenvalue weighted by atomic mass is 9.81. The Kier molecular flexibility index (Phi) is 5.16. The molecule has 1 heterocycles. The van der Waals surface area contributed by atoms with Crippen molar-refractivity contribution in [2.75, 3.05) is 7.11 Å². The fraction of sp³-hybridized carbons (Fsp3) is 0.579. The number of carbonyl (C=O) groups is 2. The average Bonchev–Trinajstić information content (AvgIpc) is 2.97. The maximum absolute atomic E-state index is 12.4. The van der Waals surface area contributed by atoms with E-state index in [4.69, 9.17) is 14.6 Å². The number of carboxylic acids is 1. The SMILES string of the molecule is COc1cc2c(cc1CNC(=O)C1CCC(C(=O)O)CC1)OC(C)C2. The van der Waals surface area contributed by atoms with Gasteiger partial charge in [0.25, 0.3) is 0 Å². The number of nitrogens with one attached hydrogen (secondary N) is 1. The number of amides is 1. The Balaban J connectivity index is 1.59. The van der Waals surface area contributed by atoms with Crippen molar-refractivity contribution in [2.24, 2.45) is 11.8 Å². The molecule has 0 radical (unpaired) electrons. The number of methoxy groups -OCH3 is 1. The molecule has 0 spiro atoms. The number of hydrogen-bond acceptors (Lipinski definition) is 4. The summed E-state index contributed by atoms with van der Waals surface area (Å²) in [6, 6.07) is 3.93. The van der Waals surface area contributed by atoms with Crippen LogP contribution in [-0.2, 0) is 22.6 Å². The summed E-state index contributed by atoms with van der Waals surface area (Å²) in [5.74, 6) is 0.440. The van der Waals surface area contributed by atoms with Crippen molar-refractivity contribution < 1.29 is 24.2 Å². The first-order valence-electron chi connectivity index (χ1n) is 8.85. The standard InChI is InChI=1S/C19H25NO5/c1-11-7-14-8-16(24-2)15(9-17(14)25-11)10-20-18(21)12-3-5-13(6-4-12)19(22)23/h8-9,11-13H,3-7,10H2,1-2H3,(H,20,21)(H,22,23). The molecular formula is C19H25NO5. The highest BCUT2D eigenvalue weighted by atomic mass is 16.5. The van der Waals surface area contributed by atoms with Gasteiger partial charge in [0, 0.05) is 30.0 Å². The zero-order chi connectivity index (χ0) is 18.0. The summed E-state index contributed by atoms with van der Waals surface area (Å²) in [7, 11) is 1.62. The van der Waals surface area contributed by atoms with Crippen molar-refractivity contribution in [1.82, 2.24) is 5.32 Å². The molecule has 1 amide bonds. The summed E-state index contributed by atoms with van der Waals surface area (Å²) in [5, 5.41) is 12.0. The van der Waals surface area contributed by atoms with Crippen molar-refractivity contribution in [1.29, 1.82) is 0 Å². The molecule has 1 aliphatic heterocycles. The van der Waals surface area contributed by atoms with Gasteiger partial charge in [-0.2, -0.15) is 0 Å². The Morgan fingerprint density at radius 1 is 1.24 bits per heavy atom. The fourth-order valence-electron chi connectivity index (χ4n) is 3.74. The van der Waals surface area contributed by atoms with E-state index >= 15 is 0 Å². The van der Waals surface area contributed by atoms with Crippen LogP contribution in [-0.4, -0.2) is 30.2 Å². The minimum Gasteiger partial charge on any atom is -0.496 e. The molecular weight excluding hydrogens is 322 g/mol. The maximum atomic E-state index is 12.4. The van der Waals surface area contributed by atoms with E-state index in [0.29, 0.717) is 32.2 Å². The molecule has 1 saturated carbocycles. The molecule has 1 aromatic carbocycles. The van der Waals surface area contributed by atoms with Gasteiger partial charge in [0.1, 0.15) is 17.6 Å². The minimum atomic E-state index is -0.754. The molecule has 6 nitrogen and oxygen atoms in total. The van der Waals surface area contributed by atoms with Crippen LogP contribution in [0.1, 0.15) is 43.7 Å². The number of benzene rings is 1. The van der Waals surface area contributed by atoms with Gasteiger partial charge in [-0.25, -0.2) is 0 Å². The second-order valence-electron chi connectivity index (χ2n) is 7.01. The van der Waals surface area contributed by atoms with E-state index < -0.39 is 5.97 Å². The number of carboxylic acid groups (broad SMARTS) is 1. The molecule has 1 unspecified atom stereocenters. The van der Waals surface area contributed by atoms with Gasteiger partial charge in [-0.3, -0.25) is 9.59 Å². The second-order valence-corrected chi connectivity index (χ2v) is 7.01. The van der Waals surface area contributed by atoms with Gasteiger partial charge in [0.05, 0.1) is 13.0 Å². The van der Waals surface area contributed by atoms with E-state index in [-0.39, 0.29) is 23.8 Å². The summed E-state index contributed by atoms with van der Waals surface area (Å²) in [4.78, 5) is 23.4. The first kappa shape index (κ1) is 17.6. The first-order chi connectivity index (χ1) is 12.0. The molecule has 25 heavy (non-hydrogen) atoms. The smallest absolute Gasteiger partial charge is 0.306 e. The van der Waals surface area contributed by atoms with Gasteiger partial charge in [0.2, 0.25) is 5.91 Å². The van der Waals surface area contributed by atoms with Crippen LogP contribution in [0.2, 0.25) is 0 Å². The predicted molar refractivity (Wildman–Crippen MR) is 91.7 cm³/mol. The van der Waals surface area contributed by atoms with E-state index in [9.17, 15) is 9.59 Å². The Morgan fingerprint density at radius 2 is 1.92 bits per heavy atom. The zero-order valence-electron chi connectivity index (χ0n) is 14.7. The van der Waals surface area contributed by atoms with Gasteiger partial charge in [0.15, 0.2) is 0 Å². The number of aliphatic carboxylic acids is 1. The Labute approximate surface area is 147 Å². The van der Waals surface area contributed by atoms with Crippen molar-refractivity contribution in [2.45, 2.75) is 51.7 Å². The largest absolute Gasteiger partial charge is 0.496 e. The van der Waals surface area contributed by atoms with Crippen molar-refractivity contribution >= 4 is 11.9 Å². The van der Waals surface area contributed by atoms with Gasteiger partial charge >= 0.3 is 5.97 Å². The topological polar surface area (TPSA) is 84.9 Å². The Hall–Kier alpha value is -2.24. The van der Waals surface area contributed by atoms with Crippen LogP contribution >= 0.6 is 0 Å². The fourth-order valence-corrected chi connectivity index (χ4v) is 3.74. The number of fused-ring (bicyclic) bond motifs is 1. The van der Waals surface area contributed by atoms with Gasteiger partial charge in [-0.05, 0) is 44.7 Å². The quantitative estimate of drug-likeness (QED) is 0.855. The van der Waals surface area contributed by atoms with Gasteiger partial charge in [-0.1, -0.05) is 0 Å². The average molecular weight is 347 g/mol. The van der Waals surface area contributed by atoms with Crippen LogP contribution in [0, 0.1) is 11.8 Å². The van der Waals surface area contributed by atoms with Gasteiger partial charge < -0.3 is 19.9 Å². The van der Waals surface area contributed by atoms with Crippen molar-refractivity contribution in [3.8, 4) is 11.5 Å². The summed E-state index contributed by atoms with van der Waals surface area (Å²) in [5.41, 5.74) is 2.02. The van der Waals surface area contributed by atoms with Crippen LogP contribution in [0.15, 0.2) is 12.1 Å². The van der Waals surface area contributed by atoms with Crippen LogP contribution in [0.4, 0.5) is 0 Å². The highest BCUT2D eigenvalue weighted by Gasteiger charge is 2.30. The first-order valence-corrected chi connectivity index (χ1v) is 8.85. The number of carbonyl (C=O) groups excluding carboxylic acids is 1. The molecule has 2 N–H and O–H groups in total. The molecule has 1 fully saturated rings. The maximum Gasteiger partial charge on any atom is 0.306 e. The molecule has 0 bridgehead atoms. The Bertz CT molecular complexity index is 664. The summed E-state index contributed by atoms with van der Waals surface area (Å²) >= 11 is 0. The monoisotopic (exact) mass is 347 g/mol. The summed E-state index contributed by atoms with van der Waals surface area (Å²) in [6.07, 6.45) is 3.43. The number of ether oxygens (including phenoxy) is 2. The lowest BCUT2D eigenvalue weighted by molar-refractivity contribution is -0.144. The highest BCUT2D eigenvalue weighted by Crippen LogP contribution is 2.35. The molecule has 2 aliphatic rings. The lowest BCUT2D eigenvalue weighted by Crippen LogP contribution is -2.34. The second kappa shape index (κ2) is 7.33. The minimum absolute atomic E-state index is 0.0133. The van der Waals surface area contributed by atoms with Crippen molar-refractivity contribution in [3.63, 3.8) is 0 Å². The molecule has 0 saturated heterocycles. The normalized spacial score (nSPS) is 25.0. The molecule has 1 atom stereocenters. The van der Waals surface area contributed by atoms with Crippen LogP contribution in [0.3, 0.4) is 0 Å². The molecule has 0 aromatic heterocycles. The number of rotatable bonds is 5. The highest BCUT2D eigenvalue weighted by molar-refractivity contribution is 5.79. The Morgan fingerprint density at radius 3 is 2.56 bits per heavy atom. The predicted octanol–water partition coefficient (Wildman–Crippen LogP) is 2.53.